The Morgan fingerprint density at radius 3 is 2.41 bits per heavy atom. The van der Waals surface area contributed by atoms with Crippen LogP contribution in [-0.4, -0.2) is 54.7 Å². The van der Waals surface area contributed by atoms with E-state index in [0.717, 1.165) is 5.69 Å². The molecule has 0 aliphatic carbocycles. The minimum Gasteiger partial charge on any atom is -0.476 e. The Kier molecular flexibility index (Phi) is 6.15. The summed E-state index contributed by atoms with van der Waals surface area (Å²) in [5.74, 6) is 0.478. The maximum absolute atomic E-state index is 12.4. The van der Waals surface area contributed by atoms with Crippen molar-refractivity contribution in [2.45, 2.75) is 39.4 Å². The summed E-state index contributed by atoms with van der Waals surface area (Å²) in [6, 6.07) is 11.0. The lowest BCUT2D eigenvalue weighted by atomic mass is 10.1. The van der Waals surface area contributed by atoms with Gasteiger partial charge in [-0.15, -0.1) is 0 Å². The van der Waals surface area contributed by atoms with Crippen molar-refractivity contribution in [3.8, 4) is 5.75 Å². The van der Waals surface area contributed by atoms with Gasteiger partial charge < -0.3 is 23.7 Å². The summed E-state index contributed by atoms with van der Waals surface area (Å²) < 4.78 is 16.4. The Bertz CT molecular complexity index is 837. The third-order valence-corrected chi connectivity index (χ3v) is 4.69. The van der Waals surface area contributed by atoms with Crippen molar-refractivity contribution >= 4 is 17.6 Å². The Balaban J connectivity index is 1.62. The third-order valence-electron chi connectivity index (χ3n) is 4.69. The van der Waals surface area contributed by atoms with Crippen LogP contribution in [0.4, 0.5) is 5.69 Å². The molecule has 1 aliphatic rings. The minimum atomic E-state index is -1.09. The molecule has 7 nitrogen and oxygen atoms in total. The van der Waals surface area contributed by atoms with Gasteiger partial charge >= 0.3 is 5.97 Å². The quantitative estimate of drug-likeness (QED) is 0.693. The molecule has 0 N–H and O–H groups in total. The molecular weight excluding hydrogens is 372 g/mol. The van der Waals surface area contributed by atoms with Gasteiger partial charge in [0.2, 0.25) is 0 Å². The first kappa shape index (κ1) is 20.8. The van der Waals surface area contributed by atoms with Crippen LogP contribution in [0.1, 0.15) is 38.2 Å². The molecule has 1 aromatic carbocycles. The number of rotatable bonds is 6. The molecule has 3 rings (SSSR count). The fourth-order valence-electron chi connectivity index (χ4n) is 3.16. The molecule has 0 saturated carbocycles. The average molecular weight is 400 g/mol. The Hall–Kier alpha value is -2.96. The van der Waals surface area contributed by atoms with Crippen LogP contribution in [0.2, 0.25) is 0 Å². The highest BCUT2D eigenvalue weighted by molar-refractivity contribution is 5.91. The predicted octanol–water partition coefficient (Wildman–Crippen LogP) is 3.35. The molecule has 1 saturated heterocycles. The van der Waals surface area contributed by atoms with E-state index in [4.69, 9.17) is 13.9 Å². The number of benzene rings is 1. The number of carbonyl (C=O) groups is 2. The lowest BCUT2D eigenvalue weighted by Crippen LogP contribution is -2.48. The zero-order chi connectivity index (χ0) is 21.0. The largest absolute Gasteiger partial charge is 0.476 e. The van der Waals surface area contributed by atoms with Crippen molar-refractivity contribution in [2.24, 2.45) is 0 Å². The van der Waals surface area contributed by atoms with Crippen molar-refractivity contribution < 1.29 is 23.5 Å². The molecular formula is C22H28N2O5. The van der Waals surface area contributed by atoms with Crippen LogP contribution >= 0.6 is 0 Å². The smallest absolute Gasteiger partial charge is 0.350 e. The number of hydrogen-bond acceptors (Lipinski definition) is 6. The molecule has 0 radical (unpaired) electrons. The monoisotopic (exact) mass is 400 g/mol. The molecule has 2 heterocycles. The highest BCUT2D eigenvalue weighted by atomic mass is 16.6. The summed E-state index contributed by atoms with van der Waals surface area (Å²) in [5, 5.41) is 0. The SMILES string of the molecule is CC(C)OC(=O)C(C)(C)Oc1cccc(N2CCN(C(=O)c3ccco3)CC2)c1. The Labute approximate surface area is 171 Å². The number of anilines is 1. The van der Waals surface area contributed by atoms with Gasteiger partial charge in [-0.25, -0.2) is 4.79 Å². The normalized spacial score (nSPS) is 14.8. The van der Waals surface area contributed by atoms with E-state index in [-0.39, 0.29) is 12.0 Å². The molecule has 2 aromatic rings. The van der Waals surface area contributed by atoms with Gasteiger partial charge in [-0.3, -0.25) is 4.79 Å². The van der Waals surface area contributed by atoms with E-state index in [1.54, 1.807) is 30.9 Å². The number of nitrogens with zero attached hydrogens (tertiary/aromatic N) is 2. The van der Waals surface area contributed by atoms with E-state index < -0.39 is 11.6 Å². The molecule has 1 aliphatic heterocycles. The second kappa shape index (κ2) is 8.59. The van der Waals surface area contributed by atoms with Crippen molar-refractivity contribution in [3.63, 3.8) is 0 Å². The molecule has 0 unspecified atom stereocenters. The second-order valence-corrected chi connectivity index (χ2v) is 7.82. The number of esters is 1. The lowest BCUT2D eigenvalue weighted by molar-refractivity contribution is -0.163. The lowest BCUT2D eigenvalue weighted by Gasteiger charge is -2.36. The van der Waals surface area contributed by atoms with Gasteiger partial charge in [-0.1, -0.05) is 6.07 Å². The third kappa shape index (κ3) is 5.10. The van der Waals surface area contributed by atoms with Gasteiger partial charge in [-0.05, 0) is 52.0 Å². The van der Waals surface area contributed by atoms with Gasteiger partial charge in [0.25, 0.3) is 5.91 Å². The zero-order valence-corrected chi connectivity index (χ0v) is 17.4. The van der Waals surface area contributed by atoms with Crippen LogP contribution in [0.3, 0.4) is 0 Å². The molecule has 156 valence electrons. The molecule has 29 heavy (non-hydrogen) atoms. The highest BCUT2D eigenvalue weighted by Crippen LogP contribution is 2.26. The first-order valence-corrected chi connectivity index (χ1v) is 9.84. The average Bonchev–Trinajstić information content (AvgIpc) is 3.22. The van der Waals surface area contributed by atoms with Crippen molar-refractivity contribution in [3.05, 3.63) is 48.4 Å². The molecule has 1 aromatic heterocycles. The van der Waals surface area contributed by atoms with Crippen LogP contribution in [0.15, 0.2) is 47.1 Å². The molecule has 1 amide bonds. The number of ether oxygens (including phenoxy) is 2. The first-order valence-electron chi connectivity index (χ1n) is 9.84. The van der Waals surface area contributed by atoms with Gasteiger partial charge in [-0.2, -0.15) is 0 Å². The topological polar surface area (TPSA) is 72.2 Å². The van der Waals surface area contributed by atoms with Crippen LogP contribution in [0, 0.1) is 0 Å². The van der Waals surface area contributed by atoms with E-state index in [2.05, 4.69) is 4.90 Å². The summed E-state index contributed by atoms with van der Waals surface area (Å²) >= 11 is 0. The molecule has 1 fully saturated rings. The van der Waals surface area contributed by atoms with Crippen LogP contribution < -0.4 is 9.64 Å². The Morgan fingerprint density at radius 2 is 1.79 bits per heavy atom. The van der Waals surface area contributed by atoms with Gasteiger partial charge in [0, 0.05) is 37.9 Å². The summed E-state index contributed by atoms with van der Waals surface area (Å²) in [6.07, 6.45) is 1.31. The van der Waals surface area contributed by atoms with Crippen LogP contribution in [-0.2, 0) is 9.53 Å². The van der Waals surface area contributed by atoms with Gasteiger partial charge in [0.15, 0.2) is 11.4 Å². The van der Waals surface area contributed by atoms with Crippen molar-refractivity contribution in [2.75, 3.05) is 31.1 Å². The van der Waals surface area contributed by atoms with E-state index >= 15 is 0 Å². The van der Waals surface area contributed by atoms with Gasteiger partial charge in [0.05, 0.1) is 12.4 Å². The van der Waals surface area contributed by atoms with Crippen LogP contribution in [0.5, 0.6) is 5.75 Å². The number of piperazine rings is 1. The summed E-state index contributed by atoms with van der Waals surface area (Å²) in [6.45, 7) is 9.64. The van der Waals surface area contributed by atoms with E-state index in [9.17, 15) is 9.59 Å². The number of carbonyl (C=O) groups excluding carboxylic acids is 2. The maximum atomic E-state index is 12.4. The predicted molar refractivity (Wildman–Crippen MR) is 109 cm³/mol. The van der Waals surface area contributed by atoms with Crippen LogP contribution in [0.25, 0.3) is 0 Å². The zero-order valence-electron chi connectivity index (χ0n) is 17.4. The minimum absolute atomic E-state index is 0.0860. The van der Waals surface area contributed by atoms with Crippen molar-refractivity contribution in [1.82, 2.24) is 4.90 Å². The molecule has 0 atom stereocenters. The standard InChI is InChI=1S/C22H28N2O5/c1-16(2)28-21(26)22(3,4)29-18-8-5-7-17(15-18)23-10-12-24(13-11-23)20(25)19-9-6-14-27-19/h5-9,14-16H,10-13H2,1-4H3. The summed E-state index contributed by atoms with van der Waals surface area (Å²) in [5.41, 5.74) is -0.0996. The van der Waals surface area contributed by atoms with E-state index in [0.29, 0.717) is 37.7 Å². The second-order valence-electron chi connectivity index (χ2n) is 7.82. The molecule has 0 bridgehead atoms. The summed E-state index contributed by atoms with van der Waals surface area (Å²) in [7, 11) is 0. The fourth-order valence-corrected chi connectivity index (χ4v) is 3.16. The van der Waals surface area contributed by atoms with Crippen molar-refractivity contribution in [1.29, 1.82) is 0 Å². The van der Waals surface area contributed by atoms with E-state index in [1.807, 2.05) is 38.1 Å². The first-order chi connectivity index (χ1) is 13.8. The highest BCUT2D eigenvalue weighted by Gasteiger charge is 2.33. The maximum Gasteiger partial charge on any atom is 0.350 e. The number of hydrogen-bond donors (Lipinski definition) is 0. The molecule has 0 spiro atoms. The van der Waals surface area contributed by atoms with E-state index in [1.165, 1.54) is 6.26 Å². The summed E-state index contributed by atoms with van der Waals surface area (Å²) in [4.78, 5) is 28.7. The number of furan rings is 1. The fraction of sp³-hybridized carbons (Fsp3) is 0.455. The van der Waals surface area contributed by atoms with Gasteiger partial charge in [0.1, 0.15) is 5.75 Å². The Morgan fingerprint density at radius 1 is 1.07 bits per heavy atom. The molecule has 7 heteroatoms. The number of amides is 1.